The fourth-order valence-corrected chi connectivity index (χ4v) is 2.30. The zero-order valence-corrected chi connectivity index (χ0v) is 11.5. The van der Waals surface area contributed by atoms with Gasteiger partial charge in [0.2, 0.25) is 5.91 Å². The Labute approximate surface area is 119 Å². The van der Waals surface area contributed by atoms with Gasteiger partial charge in [-0.2, -0.15) is 0 Å². The van der Waals surface area contributed by atoms with E-state index in [-0.39, 0.29) is 18.4 Å². The minimum absolute atomic E-state index is 0.0197. The van der Waals surface area contributed by atoms with Crippen molar-refractivity contribution in [3.05, 3.63) is 35.9 Å². The van der Waals surface area contributed by atoms with E-state index in [0.717, 1.165) is 13.0 Å². The first-order chi connectivity index (χ1) is 9.75. The Morgan fingerprint density at radius 2 is 2.00 bits per heavy atom. The van der Waals surface area contributed by atoms with Crippen LogP contribution in [0.2, 0.25) is 0 Å². The minimum Gasteiger partial charge on any atom is -0.355 e. The molecular formula is C15H21N3O2. The third-order valence-electron chi connectivity index (χ3n) is 3.42. The summed E-state index contributed by atoms with van der Waals surface area (Å²) in [4.78, 5) is 23.3. The van der Waals surface area contributed by atoms with Crippen LogP contribution in [-0.2, 0) is 4.79 Å². The van der Waals surface area contributed by atoms with Crippen LogP contribution in [-0.4, -0.2) is 37.5 Å². The van der Waals surface area contributed by atoms with Gasteiger partial charge in [-0.3, -0.25) is 9.59 Å². The van der Waals surface area contributed by atoms with E-state index in [0.29, 0.717) is 18.2 Å². The van der Waals surface area contributed by atoms with Gasteiger partial charge in [0, 0.05) is 18.2 Å². The summed E-state index contributed by atoms with van der Waals surface area (Å²) < 4.78 is 0. The number of carbonyl (C=O) groups is 2. The van der Waals surface area contributed by atoms with E-state index in [2.05, 4.69) is 16.0 Å². The smallest absolute Gasteiger partial charge is 0.251 e. The highest BCUT2D eigenvalue weighted by Gasteiger charge is 2.13. The van der Waals surface area contributed by atoms with Gasteiger partial charge in [0.25, 0.3) is 5.91 Å². The van der Waals surface area contributed by atoms with Crippen LogP contribution >= 0.6 is 0 Å². The molecule has 1 aromatic rings. The van der Waals surface area contributed by atoms with Crippen LogP contribution in [0.1, 0.15) is 29.6 Å². The normalized spacial score (nSPS) is 17.7. The highest BCUT2D eigenvalue weighted by molar-refractivity contribution is 5.96. The highest BCUT2D eigenvalue weighted by Crippen LogP contribution is 2.07. The summed E-state index contributed by atoms with van der Waals surface area (Å²) in [7, 11) is 0. The van der Waals surface area contributed by atoms with Gasteiger partial charge in [0.05, 0.1) is 6.54 Å². The van der Waals surface area contributed by atoms with Crippen molar-refractivity contribution in [1.82, 2.24) is 16.0 Å². The lowest BCUT2D eigenvalue weighted by Crippen LogP contribution is -2.38. The monoisotopic (exact) mass is 275 g/mol. The van der Waals surface area contributed by atoms with Crippen molar-refractivity contribution in [2.75, 3.05) is 19.6 Å². The van der Waals surface area contributed by atoms with Crippen molar-refractivity contribution in [2.24, 2.45) is 0 Å². The Kier molecular flexibility index (Phi) is 5.55. The van der Waals surface area contributed by atoms with E-state index in [1.807, 2.05) is 6.07 Å². The molecule has 0 aliphatic carbocycles. The Morgan fingerprint density at radius 1 is 1.20 bits per heavy atom. The van der Waals surface area contributed by atoms with E-state index < -0.39 is 0 Å². The predicted octanol–water partition coefficient (Wildman–Crippen LogP) is 0.675. The molecule has 3 N–H and O–H groups in total. The molecule has 1 atom stereocenters. The molecule has 1 fully saturated rings. The predicted molar refractivity (Wildman–Crippen MR) is 77.4 cm³/mol. The molecule has 0 unspecified atom stereocenters. The summed E-state index contributed by atoms with van der Waals surface area (Å²) in [5.41, 5.74) is 0.565. The van der Waals surface area contributed by atoms with E-state index in [1.54, 1.807) is 24.3 Å². The zero-order chi connectivity index (χ0) is 14.2. The molecule has 1 heterocycles. The first-order valence-corrected chi connectivity index (χ1v) is 7.09. The number of amides is 2. The zero-order valence-electron chi connectivity index (χ0n) is 11.5. The molecule has 0 bridgehead atoms. The maximum atomic E-state index is 11.7. The van der Waals surface area contributed by atoms with Crippen LogP contribution in [0.15, 0.2) is 30.3 Å². The van der Waals surface area contributed by atoms with Crippen LogP contribution in [0.25, 0.3) is 0 Å². The number of benzene rings is 1. The van der Waals surface area contributed by atoms with Crippen LogP contribution in [0.4, 0.5) is 0 Å². The Balaban J connectivity index is 1.61. The molecule has 2 rings (SSSR count). The fourth-order valence-electron chi connectivity index (χ4n) is 2.30. The number of carbonyl (C=O) groups excluding carboxylic acids is 2. The summed E-state index contributed by atoms with van der Waals surface area (Å²) in [6.07, 6.45) is 3.34. The summed E-state index contributed by atoms with van der Waals surface area (Å²) in [5.74, 6) is -0.370. The molecule has 5 heteroatoms. The lowest BCUT2D eigenvalue weighted by atomic mass is 10.1. The molecule has 5 nitrogen and oxygen atoms in total. The lowest BCUT2D eigenvalue weighted by molar-refractivity contribution is -0.120. The van der Waals surface area contributed by atoms with Crippen molar-refractivity contribution in [3.8, 4) is 0 Å². The van der Waals surface area contributed by atoms with E-state index in [9.17, 15) is 9.59 Å². The van der Waals surface area contributed by atoms with Crippen molar-refractivity contribution in [1.29, 1.82) is 0 Å². The first-order valence-electron chi connectivity index (χ1n) is 7.09. The van der Waals surface area contributed by atoms with Crippen LogP contribution < -0.4 is 16.0 Å². The van der Waals surface area contributed by atoms with Crippen LogP contribution in [0, 0.1) is 0 Å². The Hall–Kier alpha value is -1.88. The number of nitrogens with one attached hydrogen (secondary N) is 3. The third kappa shape index (κ3) is 4.66. The van der Waals surface area contributed by atoms with E-state index in [1.165, 1.54) is 12.8 Å². The maximum Gasteiger partial charge on any atom is 0.251 e. The van der Waals surface area contributed by atoms with Crippen LogP contribution in [0.3, 0.4) is 0 Å². The lowest BCUT2D eigenvalue weighted by Gasteiger charge is -2.11. The second kappa shape index (κ2) is 7.65. The topological polar surface area (TPSA) is 70.2 Å². The fraction of sp³-hybridized carbons (Fsp3) is 0.467. The van der Waals surface area contributed by atoms with Gasteiger partial charge in [-0.05, 0) is 37.9 Å². The van der Waals surface area contributed by atoms with Crippen molar-refractivity contribution in [2.45, 2.75) is 25.3 Å². The standard InChI is InChI=1S/C15H21N3O2/c19-14(17-10-8-13-7-4-9-16-13)11-18-15(20)12-5-2-1-3-6-12/h1-3,5-6,13,16H,4,7-11H2,(H,17,19)(H,18,20)/t13-/m1/s1. The molecule has 1 aliphatic heterocycles. The van der Waals surface area contributed by atoms with Crippen molar-refractivity contribution < 1.29 is 9.59 Å². The van der Waals surface area contributed by atoms with Gasteiger partial charge in [0.1, 0.15) is 0 Å². The van der Waals surface area contributed by atoms with Gasteiger partial charge in [-0.15, -0.1) is 0 Å². The molecule has 108 valence electrons. The molecule has 0 spiro atoms. The first kappa shape index (κ1) is 14.5. The molecule has 1 saturated heterocycles. The summed E-state index contributed by atoms with van der Waals surface area (Å²) in [6.45, 7) is 1.75. The SMILES string of the molecule is O=C(CNC(=O)c1ccccc1)NCC[C@H]1CCCN1. The van der Waals surface area contributed by atoms with Gasteiger partial charge < -0.3 is 16.0 Å². The molecule has 0 aromatic heterocycles. The average molecular weight is 275 g/mol. The average Bonchev–Trinajstić information content (AvgIpc) is 2.99. The molecule has 20 heavy (non-hydrogen) atoms. The molecule has 1 aromatic carbocycles. The van der Waals surface area contributed by atoms with Crippen LogP contribution in [0.5, 0.6) is 0 Å². The molecule has 1 aliphatic rings. The summed E-state index contributed by atoms with van der Waals surface area (Å²) >= 11 is 0. The molecule has 0 radical (unpaired) electrons. The molecule has 0 saturated carbocycles. The van der Waals surface area contributed by atoms with Gasteiger partial charge in [-0.1, -0.05) is 18.2 Å². The Morgan fingerprint density at radius 3 is 2.70 bits per heavy atom. The summed E-state index contributed by atoms with van der Waals surface area (Å²) in [5, 5.41) is 8.81. The maximum absolute atomic E-state index is 11.7. The quantitative estimate of drug-likeness (QED) is 0.715. The highest BCUT2D eigenvalue weighted by atomic mass is 16.2. The number of hydrogen-bond acceptors (Lipinski definition) is 3. The van der Waals surface area contributed by atoms with Crippen molar-refractivity contribution >= 4 is 11.8 Å². The second-order valence-corrected chi connectivity index (χ2v) is 4.98. The van der Waals surface area contributed by atoms with Gasteiger partial charge in [0.15, 0.2) is 0 Å². The molecule has 2 amide bonds. The number of hydrogen-bond donors (Lipinski definition) is 3. The third-order valence-corrected chi connectivity index (χ3v) is 3.42. The minimum atomic E-state index is -0.224. The Bertz CT molecular complexity index is 442. The van der Waals surface area contributed by atoms with Crippen molar-refractivity contribution in [3.63, 3.8) is 0 Å². The number of rotatable bonds is 6. The van der Waals surface area contributed by atoms with Gasteiger partial charge in [-0.25, -0.2) is 0 Å². The largest absolute Gasteiger partial charge is 0.355 e. The summed E-state index contributed by atoms with van der Waals surface area (Å²) in [6, 6.07) is 9.40. The van der Waals surface area contributed by atoms with Gasteiger partial charge >= 0.3 is 0 Å². The molecular weight excluding hydrogens is 254 g/mol. The van der Waals surface area contributed by atoms with E-state index in [4.69, 9.17) is 0 Å². The second-order valence-electron chi connectivity index (χ2n) is 4.98. The van der Waals surface area contributed by atoms with E-state index >= 15 is 0 Å².